The maximum absolute atomic E-state index is 4.53. The molecule has 1 fully saturated rings. The maximum atomic E-state index is 4.53. The number of anilines is 2. The van der Waals surface area contributed by atoms with Crippen LogP contribution < -0.4 is 10.6 Å². The van der Waals surface area contributed by atoms with Crippen LogP contribution in [-0.4, -0.2) is 47.6 Å². The van der Waals surface area contributed by atoms with Crippen LogP contribution in [0.1, 0.15) is 32.6 Å². The highest BCUT2D eigenvalue weighted by Crippen LogP contribution is 2.36. The van der Waals surface area contributed by atoms with Gasteiger partial charge in [0.05, 0.1) is 12.4 Å². The summed E-state index contributed by atoms with van der Waals surface area (Å²) in [7, 11) is 4.32. The minimum atomic E-state index is 0.300. The minimum Gasteiger partial charge on any atom is -0.369 e. The van der Waals surface area contributed by atoms with Crippen molar-refractivity contribution in [2.75, 3.05) is 37.8 Å². The summed E-state index contributed by atoms with van der Waals surface area (Å²) in [5.74, 6) is 1.70. The summed E-state index contributed by atoms with van der Waals surface area (Å²) in [5.41, 5.74) is 0.300. The second-order valence-corrected chi connectivity index (χ2v) is 5.54. The van der Waals surface area contributed by atoms with Gasteiger partial charge in [-0.2, -0.15) is 0 Å². The molecule has 0 atom stereocenters. The second kappa shape index (κ2) is 6.19. The van der Waals surface area contributed by atoms with E-state index >= 15 is 0 Å². The number of hydrogen-bond donors (Lipinski definition) is 2. The van der Waals surface area contributed by atoms with Crippen molar-refractivity contribution in [1.29, 1.82) is 0 Å². The molecule has 1 aromatic heterocycles. The SMILES string of the molecule is CCCNc1cncc(NCC2(N(C)C)CCC2)n1. The molecule has 0 saturated heterocycles. The number of nitrogens with one attached hydrogen (secondary N) is 2. The van der Waals surface area contributed by atoms with Crippen molar-refractivity contribution < 1.29 is 0 Å². The molecule has 0 unspecified atom stereocenters. The van der Waals surface area contributed by atoms with E-state index in [1.165, 1.54) is 19.3 Å². The van der Waals surface area contributed by atoms with E-state index in [-0.39, 0.29) is 0 Å². The Morgan fingerprint density at radius 2 is 1.89 bits per heavy atom. The third-order valence-corrected chi connectivity index (χ3v) is 4.02. The quantitative estimate of drug-likeness (QED) is 0.790. The zero-order valence-corrected chi connectivity index (χ0v) is 12.2. The molecule has 5 nitrogen and oxygen atoms in total. The van der Waals surface area contributed by atoms with Crippen LogP contribution in [0.15, 0.2) is 12.4 Å². The summed E-state index contributed by atoms with van der Waals surface area (Å²) < 4.78 is 0. The van der Waals surface area contributed by atoms with Gasteiger partial charge in [-0.3, -0.25) is 4.98 Å². The van der Waals surface area contributed by atoms with Gasteiger partial charge in [-0.05, 0) is 39.8 Å². The van der Waals surface area contributed by atoms with E-state index in [0.717, 1.165) is 31.1 Å². The van der Waals surface area contributed by atoms with Crippen molar-refractivity contribution in [1.82, 2.24) is 14.9 Å². The molecule has 1 aliphatic rings. The Hall–Kier alpha value is -1.36. The molecule has 1 aliphatic carbocycles. The highest BCUT2D eigenvalue weighted by atomic mass is 15.2. The summed E-state index contributed by atoms with van der Waals surface area (Å²) in [5, 5.41) is 6.69. The van der Waals surface area contributed by atoms with Gasteiger partial charge in [0, 0.05) is 18.6 Å². The van der Waals surface area contributed by atoms with Crippen molar-refractivity contribution >= 4 is 11.6 Å². The van der Waals surface area contributed by atoms with E-state index < -0.39 is 0 Å². The average Bonchev–Trinajstić information content (AvgIpc) is 2.35. The monoisotopic (exact) mass is 263 g/mol. The number of hydrogen-bond acceptors (Lipinski definition) is 5. The van der Waals surface area contributed by atoms with Crippen LogP contribution in [0, 0.1) is 0 Å². The van der Waals surface area contributed by atoms with E-state index in [1.807, 2.05) is 0 Å². The normalized spacial score (nSPS) is 17.1. The second-order valence-electron chi connectivity index (χ2n) is 5.54. The summed E-state index contributed by atoms with van der Waals surface area (Å²) in [4.78, 5) is 11.1. The molecule has 0 spiro atoms. The van der Waals surface area contributed by atoms with Crippen LogP contribution >= 0.6 is 0 Å². The molecule has 5 heteroatoms. The predicted molar refractivity (Wildman–Crippen MR) is 79.6 cm³/mol. The van der Waals surface area contributed by atoms with Crippen molar-refractivity contribution in [3.8, 4) is 0 Å². The van der Waals surface area contributed by atoms with Crippen molar-refractivity contribution in [2.45, 2.75) is 38.1 Å². The molecule has 2 N–H and O–H groups in total. The van der Waals surface area contributed by atoms with Crippen LogP contribution in [0.3, 0.4) is 0 Å². The van der Waals surface area contributed by atoms with Crippen LogP contribution in [-0.2, 0) is 0 Å². The summed E-state index contributed by atoms with van der Waals surface area (Å²) in [6.07, 6.45) is 8.49. The third kappa shape index (κ3) is 3.35. The van der Waals surface area contributed by atoms with Crippen molar-refractivity contribution in [2.24, 2.45) is 0 Å². The smallest absolute Gasteiger partial charge is 0.147 e. The van der Waals surface area contributed by atoms with Gasteiger partial charge in [0.1, 0.15) is 11.6 Å². The topological polar surface area (TPSA) is 53.1 Å². The van der Waals surface area contributed by atoms with Crippen molar-refractivity contribution in [3.63, 3.8) is 0 Å². The molecule has 19 heavy (non-hydrogen) atoms. The lowest BCUT2D eigenvalue weighted by molar-refractivity contribution is 0.0738. The molecule has 106 valence electrons. The molecule has 0 bridgehead atoms. The van der Waals surface area contributed by atoms with E-state index in [2.05, 4.69) is 46.5 Å². The Labute approximate surface area is 115 Å². The van der Waals surface area contributed by atoms with E-state index in [1.54, 1.807) is 12.4 Å². The molecule has 2 rings (SSSR count). The van der Waals surface area contributed by atoms with Gasteiger partial charge in [0.25, 0.3) is 0 Å². The third-order valence-electron chi connectivity index (χ3n) is 4.02. The first-order valence-corrected chi connectivity index (χ1v) is 7.13. The van der Waals surface area contributed by atoms with Gasteiger partial charge in [-0.1, -0.05) is 6.92 Å². The summed E-state index contributed by atoms with van der Waals surface area (Å²) in [6, 6.07) is 0. The lowest BCUT2D eigenvalue weighted by atomic mass is 9.75. The fraction of sp³-hybridized carbons (Fsp3) is 0.714. The Morgan fingerprint density at radius 3 is 2.42 bits per heavy atom. The molecular weight excluding hydrogens is 238 g/mol. The molecule has 1 saturated carbocycles. The van der Waals surface area contributed by atoms with E-state index in [0.29, 0.717) is 5.54 Å². The van der Waals surface area contributed by atoms with Gasteiger partial charge >= 0.3 is 0 Å². The Morgan fingerprint density at radius 1 is 1.21 bits per heavy atom. The summed E-state index contributed by atoms with van der Waals surface area (Å²) in [6.45, 7) is 4.01. The summed E-state index contributed by atoms with van der Waals surface area (Å²) >= 11 is 0. The molecule has 0 aliphatic heterocycles. The number of aromatic nitrogens is 2. The van der Waals surface area contributed by atoms with Gasteiger partial charge in [0.2, 0.25) is 0 Å². The number of likely N-dealkylation sites (N-methyl/N-ethyl adjacent to an activating group) is 1. The standard InChI is InChI=1S/C14H25N5/c1-4-8-16-12-9-15-10-13(18-12)17-11-14(19(2)3)6-5-7-14/h9-10H,4-8,11H2,1-3H3,(H2,16,17,18). The lowest BCUT2D eigenvalue weighted by Gasteiger charge is -2.47. The van der Waals surface area contributed by atoms with E-state index in [9.17, 15) is 0 Å². The van der Waals surface area contributed by atoms with Gasteiger partial charge < -0.3 is 15.5 Å². The van der Waals surface area contributed by atoms with Crippen LogP contribution in [0.2, 0.25) is 0 Å². The van der Waals surface area contributed by atoms with Crippen LogP contribution in [0.4, 0.5) is 11.6 Å². The number of rotatable bonds is 7. The molecular formula is C14H25N5. The van der Waals surface area contributed by atoms with Gasteiger partial charge in [-0.25, -0.2) is 4.98 Å². The molecule has 0 aromatic carbocycles. The van der Waals surface area contributed by atoms with Gasteiger partial charge in [0.15, 0.2) is 0 Å². The lowest BCUT2D eigenvalue weighted by Crippen LogP contribution is -2.54. The van der Waals surface area contributed by atoms with Crippen LogP contribution in [0.25, 0.3) is 0 Å². The zero-order valence-electron chi connectivity index (χ0n) is 12.2. The van der Waals surface area contributed by atoms with E-state index in [4.69, 9.17) is 0 Å². The zero-order chi connectivity index (χ0) is 13.7. The molecule has 1 heterocycles. The molecule has 1 aromatic rings. The number of nitrogens with zero attached hydrogens (tertiary/aromatic N) is 3. The Bertz CT molecular complexity index is 401. The minimum absolute atomic E-state index is 0.300. The highest BCUT2D eigenvalue weighted by molar-refractivity contribution is 5.41. The highest BCUT2D eigenvalue weighted by Gasteiger charge is 2.38. The average molecular weight is 263 g/mol. The largest absolute Gasteiger partial charge is 0.369 e. The van der Waals surface area contributed by atoms with Crippen LogP contribution in [0.5, 0.6) is 0 Å². The first kappa shape index (κ1) is 14.1. The molecule has 0 amide bonds. The molecule has 0 radical (unpaired) electrons. The van der Waals surface area contributed by atoms with Gasteiger partial charge in [-0.15, -0.1) is 0 Å². The Kier molecular flexibility index (Phi) is 4.58. The fourth-order valence-electron chi connectivity index (χ4n) is 2.41. The first-order chi connectivity index (χ1) is 9.16. The fourth-order valence-corrected chi connectivity index (χ4v) is 2.41. The first-order valence-electron chi connectivity index (χ1n) is 7.13. The maximum Gasteiger partial charge on any atom is 0.147 e. The van der Waals surface area contributed by atoms with Crippen molar-refractivity contribution in [3.05, 3.63) is 12.4 Å². The predicted octanol–water partition coefficient (Wildman–Crippen LogP) is 2.19. The Balaban J connectivity index is 1.92.